The molecular formula is C26H29ClN4O4S. The minimum absolute atomic E-state index is 0.0476. The number of hydrogen-bond acceptors (Lipinski definition) is 5. The summed E-state index contributed by atoms with van der Waals surface area (Å²) in [6, 6.07) is 15.5. The third-order valence-corrected chi connectivity index (χ3v) is 7.69. The highest BCUT2D eigenvalue weighted by Gasteiger charge is 2.27. The van der Waals surface area contributed by atoms with E-state index < -0.39 is 9.84 Å². The fraction of sp³-hybridized carbons (Fsp3) is 0.308. The van der Waals surface area contributed by atoms with Crippen LogP contribution in [0.15, 0.2) is 78.6 Å². The number of amides is 2. The van der Waals surface area contributed by atoms with Gasteiger partial charge >= 0.3 is 6.03 Å². The summed E-state index contributed by atoms with van der Waals surface area (Å²) in [5, 5.41) is 3.34. The highest BCUT2D eigenvalue weighted by molar-refractivity contribution is 7.90. The van der Waals surface area contributed by atoms with Crippen molar-refractivity contribution in [1.82, 2.24) is 14.5 Å². The molecule has 0 radical (unpaired) electrons. The summed E-state index contributed by atoms with van der Waals surface area (Å²) in [5.41, 5.74) is 1.82. The number of rotatable bonds is 10. The van der Waals surface area contributed by atoms with Crippen molar-refractivity contribution in [3.05, 3.63) is 89.7 Å². The number of anilines is 1. The summed E-state index contributed by atoms with van der Waals surface area (Å²) in [6.45, 7) is 5.18. The van der Waals surface area contributed by atoms with E-state index >= 15 is 0 Å². The van der Waals surface area contributed by atoms with E-state index in [1.54, 1.807) is 64.1 Å². The Morgan fingerprint density at radius 3 is 2.75 bits per heavy atom. The molecule has 0 spiro atoms. The highest BCUT2D eigenvalue weighted by atomic mass is 35.5. The van der Waals surface area contributed by atoms with Crippen molar-refractivity contribution in [3.8, 4) is 0 Å². The summed E-state index contributed by atoms with van der Waals surface area (Å²) >= 11 is 6.07. The molecule has 3 aromatic rings. The molecule has 36 heavy (non-hydrogen) atoms. The first-order chi connectivity index (χ1) is 17.4. The predicted molar refractivity (Wildman–Crippen MR) is 140 cm³/mol. The number of urea groups is 1. The lowest BCUT2D eigenvalue weighted by Crippen LogP contribution is -2.40. The molecule has 4 rings (SSSR count). The Kier molecular flexibility index (Phi) is 8.45. The van der Waals surface area contributed by atoms with Crippen LogP contribution in [0.1, 0.15) is 24.1 Å². The van der Waals surface area contributed by atoms with Gasteiger partial charge in [-0.25, -0.2) is 18.2 Å². The van der Waals surface area contributed by atoms with Gasteiger partial charge in [0.25, 0.3) is 0 Å². The number of halogens is 1. The second-order valence-corrected chi connectivity index (χ2v) is 11.0. The Morgan fingerprint density at radius 1 is 1.25 bits per heavy atom. The maximum absolute atomic E-state index is 13.3. The van der Waals surface area contributed by atoms with E-state index in [0.29, 0.717) is 35.1 Å². The maximum Gasteiger partial charge on any atom is 0.322 e. The zero-order chi connectivity index (χ0) is 25.5. The third kappa shape index (κ3) is 6.54. The standard InChI is InChI=1S/C26H29ClN4O4S/c1-2-13-31-23(16-28-26(31)36(33,34)19-20-8-4-3-5-9-20)17-30(18-24-12-7-14-35-24)25(32)29-22-11-6-10-21(27)15-22/h2-6,8-11,15-16,24H,1,7,12-14,17-19H2,(H,29,32)/t24-/m0/s1. The molecule has 2 heterocycles. The average Bonchev–Trinajstić information content (AvgIpc) is 3.50. The van der Waals surface area contributed by atoms with E-state index in [-0.39, 0.29) is 36.1 Å². The topological polar surface area (TPSA) is 93.5 Å². The Morgan fingerprint density at radius 2 is 2.06 bits per heavy atom. The molecule has 1 atom stereocenters. The van der Waals surface area contributed by atoms with Gasteiger partial charge in [0.1, 0.15) is 0 Å². The first-order valence-electron chi connectivity index (χ1n) is 11.7. The number of ether oxygens (including phenoxy) is 1. The van der Waals surface area contributed by atoms with Crippen molar-refractivity contribution in [3.63, 3.8) is 0 Å². The van der Waals surface area contributed by atoms with Gasteiger partial charge in [-0.05, 0) is 36.6 Å². The van der Waals surface area contributed by atoms with Crippen LogP contribution >= 0.6 is 11.6 Å². The van der Waals surface area contributed by atoms with Gasteiger partial charge in [-0.1, -0.05) is 54.1 Å². The van der Waals surface area contributed by atoms with Crippen molar-refractivity contribution in [2.45, 2.75) is 42.9 Å². The van der Waals surface area contributed by atoms with Crippen LogP contribution in [0.25, 0.3) is 0 Å². The maximum atomic E-state index is 13.3. The Hall–Kier alpha value is -3.14. The number of carbonyl (C=O) groups excluding carboxylic acids is 1. The first kappa shape index (κ1) is 25.9. The second kappa shape index (κ2) is 11.7. The van der Waals surface area contributed by atoms with E-state index in [4.69, 9.17) is 16.3 Å². The molecule has 2 amide bonds. The van der Waals surface area contributed by atoms with Crippen molar-refractivity contribution < 1.29 is 17.9 Å². The van der Waals surface area contributed by atoms with Crippen LogP contribution in [0.3, 0.4) is 0 Å². The number of imidazole rings is 1. The monoisotopic (exact) mass is 528 g/mol. The molecule has 1 N–H and O–H groups in total. The minimum atomic E-state index is -3.73. The third-order valence-electron chi connectivity index (χ3n) is 5.85. The summed E-state index contributed by atoms with van der Waals surface area (Å²) < 4.78 is 33.8. The molecule has 2 aromatic carbocycles. The number of benzene rings is 2. The largest absolute Gasteiger partial charge is 0.376 e. The molecule has 8 nitrogen and oxygen atoms in total. The summed E-state index contributed by atoms with van der Waals surface area (Å²) in [5.74, 6) is -0.170. The van der Waals surface area contributed by atoms with Crippen LogP contribution < -0.4 is 5.32 Å². The fourth-order valence-electron chi connectivity index (χ4n) is 4.17. The van der Waals surface area contributed by atoms with Gasteiger partial charge in [0.15, 0.2) is 0 Å². The molecule has 10 heteroatoms. The van der Waals surface area contributed by atoms with Crippen molar-refractivity contribution in [1.29, 1.82) is 0 Å². The molecule has 1 aromatic heterocycles. The number of carbonyl (C=O) groups is 1. The molecular weight excluding hydrogens is 500 g/mol. The lowest BCUT2D eigenvalue weighted by Gasteiger charge is -2.26. The van der Waals surface area contributed by atoms with E-state index in [1.807, 2.05) is 6.07 Å². The second-order valence-electron chi connectivity index (χ2n) is 8.63. The quantitative estimate of drug-likeness (QED) is 0.377. The van der Waals surface area contributed by atoms with Crippen molar-refractivity contribution in [2.24, 2.45) is 0 Å². The van der Waals surface area contributed by atoms with Gasteiger partial charge in [-0.3, -0.25) is 0 Å². The SMILES string of the molecule is C=CCn1c(CN(C[C@@H]2CCCO2)C(=O)Nc2cccc(Cl)c2)cnc1S(=O)(=O)Cc1ccccc1. The van der Waals surface area contributed by atoms with Crippen LogP contribution in [0.5, 0.6) is 0 Å². The van der Waals surface area contributed by atoms with Gasteiger partial charge in [-0.2, -0.15) is 0 Å². The summed E-state index contributed by atoms with van der Waals surface area (Å²) in [4.78, 5) is 19.2. The molecule has 0 unspecified atom stereocenters. The van der Waals surface area contributed by atoms with Crippen molar-refractivity contribution in [2.75, 3.05) is 18.5 Å². The van der Waals surface area contributed by atoms with E-state index in [0.717, 1.165) is 12.8 Å². The molecule has 1 aliphatic heterocycles. The lowest BCUT2D eigenvalue weighted by molar-refractivity contribution is 0.0813. The normalized spacial score (nSPS) is 15.5. The van der Waals surface area contributed by atoms with Crippen molar-refractivity contribution >= 4 is 33.2 Å². The number of sulfone groups is 1. The fourth-order valence-corrected chi connectivity index (χ4v) is 5.86. The highest BCUT2D eigenvalue weighted by Crippen LogP contribution is 2.22. The molecule has 0 saturated carbocycles. The van der Waals surface area contributed by atoms with Crippen LogP contribution in [-0.4, -0.2) is 48.2 Å². The van der Waals surface area contributed by atoms with Crippen LogP contribution in [0, 0.1) is 0 Å². The number of nitrogens with one attached hydrogen (secondary N) is 1. The average molecular weight is 529 g/mol. The summed E-state index contributed by atoms with van der Waals surface area (Å²) in [6.07, 6.45) is 4.82. The first-order valence-corrected chi connectivity index (χ1v) is 13.7. The van der Waals surface area contributed by atoms with Gasteiger partial charge in [0.05, 0.1) is 30.3 Å². The van der Waals surface area contributed by atoms with Gasteiger partial charge in [0.2, 0.25) is 15.0 Å². The number of nitrogens with zero attached hydrogens (tertiary/aromatic N) is 3. The summed E-state index contributed by atoms with van der Waals surface area (Å²) in [7, 11) is -3.73. The van der Waals surface area contributed by atoms with Gasteiger partial charge < -0.3 is 19.5 Å². The van der Waals surface area contributed by atoms with Gasteiger partial charge in [0, 0.05) is 30.4 Å². The van der Waals surface area contributed by atoms with E-state index in [1.165, 1.54) is 6.20 Å². The Balaban J connectivity index is 1.60. The molecule has 1 saturated heterocycles. The van der Waals surface area contributed by atoms with Crippen LogP contribution in [-0.2, 0) is 33.4 Å². The zero-order valence-electron chi connectivity index (χ0n) is 19.8. The minimum Gasteiger partial charge on any atom is -0.376 e. The molecule has 0 bridgehead atoms. The van der Waals surface area contributed by atoms with Crippen LogP contribution in [0.4, 0.5) is 10.5 Å². The number of hydrogen-bond donors (Lipinski definition) is 1. The zero-order valence-corrected chi connectivity index (χ0v) is 21.4. The number of allylic oxidation sites excluding steroid dienone is 1. The van der Waals surface area contributed by atoms with E-state index in [9.17, 15) is 13.2 Å². The molecule has 1 aliphatic rings. The van der Waals surface area contributed by atoms with Gasteiger partial charge in [-0.15, -0.1) is 6.58 Å². The molecule has 1 fully saturated rings. The lowest BCUT2D eigenvalue weighted by atomic mass is 10.2. The smallest absolute Gasteiger partial charge is 0.322 e. The molecule has 0 aliphatic carbocycles. The number of aromatic nitrogens is 2. The Labute approximate surface area is 216 Å². The van der Waals surface area contributed by atoms with Crippen LogP contribution in [0.2, 0.25) is 5.02 Å². The molecule has 190 valence electrons. The predicted octanol–water partition coefficient (Wildman–Crippen LogP) is 4.91. The van der Waals surface area contributed by atoms with E-state index in [2.05, 4.69) is 16.9 Å². The Bertz CT molecular complexity index is 1300.